The molecule has 0 atom stereocenters. The number of aromatic nitrogens is 1. The van der Waals surface area contributed by atoms with Gasteiger partial charge < -0.3 is 4.74 Å². The van der Waals surface area contributed by atoms with Gasteiger partial charge in [-0.3, -0.25) is 19.5 Å². The van der Waals surface area contributed by atoms with Crippen LogP contribution in [-0.4, -0.2) is 80.2 Å². The van der Waals surface area contributed by atoms with Crippen molar-refractivity contribution in [2.75, 3.05) is 64.4 Å². The highest BCUT2D eigenvalue weighted by molar-refractivity contribution is 7.13. The van der Waals surface area contributed by atoms with E-state index in [0.717, 1.165) is 51.1 Å². The van der Waals surface area contributed by atoms with Crippen LogP contribution in [0.1, 0.15) is 6.92 Å². The van der Waals surface area contributed by atoms with Crippen LogP contribution in [0.4, 0.5) is 5.13 Å². The first-order valence-electron chi connectivity index (χ1n) is 7.39. The zero-order chi connectivity index (χ0) is 15.1. The van der Waals surface area contributed by atoms with Crippen LogP contribution in [0.25, 0.3) is 0 Å². The Bertz CT molecular complexity index is 419. The topological polar surface area (TPSA) is 48.9 Å². The first kappa shape index (κ1) is 16.4. The summed E-state index contributed by atoms with van der Waals surface area (Å²) in [5, 5.41) is 2.64. The van der Waals surface area contributed by atoms with E-state index >= 15 is 0 Å². The third-order valence-corrected chi connectivity index (χ3v) is 4.51. The maximum absolute atomic E-state index is 12.2. The summed E-state index contributed by atoms with van der Waals surface area (Å²) in [5.41, 5.74) is 0. The molecule has 1 aromatic rings. The molecule has 0 bridgehead atoms. The number of anilines is 1. The van der Waals surface area contributed by atoms with Crippen molar-refractivity contribution in [2.24, 2.45) is 0 Å². The van der Waals surface area contributed by atoms with Gasteiger partial charge in [-0.25, -0.2) is 4.98 Å². The summed E-state index contributed by atoms with van der Waals surface area (Å²) >= 11 is 1.49. The Morgan fingerprint density at radius 1 is 1.38 bits per heavy atom. The van der Waals surface area contributed by atoms with Crippen molar-refractivity contribution in [3.8, 4) is 0 Å². The zero-order valence-corrected chi connectivity index (χ0v) is 13.6. The van der Waals surface area contributed by atoms with E-state index in [4.69, 9.17) is 4.74 Å². The highest BCUT2D eigenvalue weighted by atomic mass is 32.1. The lowest BCUT2D eigenvalue weighted by Crippen LogP contribution is -2.50. The van der Waals surface area contributed by atoms with E-state index in [1.54, 1.807) is 18.1 Å². The summed E-state index contributed by atoms with van der Waals surface area (Å²) < 4.78 is 5.38. The predicted molar refractivity (Wildman–Crippen MR) is 84.9 cm³/mol. The van der Waals surface area contributed by atoms with Crippen molar-refractivity contribution in [2.45, 2.75) is 6.92 Å². The molecule has 7 heteroatoms. The van der Waals surface area contributed by atoms with Crippen molar-refractivity contribution in [3.63, 3.8) is 0 Å². The Hall–Kier alpha value is -1.02. The first-order valence-corrected chi connectivity index (χ1v) is 8.27. The second-order valence-electron chi connectivity index (χ2n) is 5.08. The molecule has 0 unspecified atom stereocenters. The van der Waals surface area contributed by atoms with Crippen molar-refractivity contribution in [1.82, 2.24) is 14.8 Å². The molecule has 1 fully saturated rings. The number of carbonyl (C=O) groups is 1. The average Bonchev–Trinajstić information content (AvgIpc) is 3.02. The van der Waals surface area contributed by atoms with E-state index in [2.05, 4.69) is 14.8 Å². The van der Waals surface area contributed by atoms with Crippen LogP contribution in [0.15, 0.2) is 11.6 Å². The molecule has 21 heavy (non-hydrogen) atoms. The summed E-state index contributed by atoms with van der Waals surface area (Å²) in [6, 6.07) is 0. The molecule has 2 rings (SSSR count). The van der Waals surface area contributed by atoms with Crippen LogP contribution < -0.4 is 4.90 Å². The lowest BCUT2D eigenvalue weighted by atomic mass is 10.3. The van der Waals surface area contributed by atoms with Crippen LogP contribution in [0.3, 0.4) is 0 Å². The van der Waals surface area contributed by atoms with E-state index in [0.29, 0.717) is 6.54 Å². The van der Waals surface area contributed by atoms with Crippen LogP contribution in [-0.2, 0) is 9.53 Å². The molecule has 2 heterocycles. The molecule has 1 aliphatic rings. The molecule has 1 aliphatic heterocycles. The van der Waals surface area contributed by atoms with E-state index in [1.165, 1.54) is 11.3 Å². The van der Waals surface area contributed by atoms with Gasteiger partial charge in [0.1, 0.15) is 0 Å². The molecule has 0 spiro atoms. The van der Waals surface area contributed by atoms with Gasteiger partial charge in [-0.05, 0) is 6.92 Å². The summed E-state index contributed by atoms with van der Waals surface area (Å²) in [4.78, 5) is 22.6. The second-order valence-corrected chi connectivity index (χ2v) is 5.96. The summed E-state index contributed by atoms with van der Waals surface area (Å²) in [7, 11) is 1.79. The number of carbonyl (C=O) groups excluding carboxylic acids is 1. The Balaban J connectivity index is 1.69. The number of amides is 1. The van der Waals surface area contributed by atoms with Gasteiger partial charge in [-0.1, -0.05) is 0 Å². The number of rotatable bonds is 7. The fraction of sp³-hybridized carbons (Fsp3) is 0.714. The Labute approximate surface area is 130 Å². The highest BCUT2D eigenvalue weighted by Gasteiger charge is 2.21. The number of nitrogens with zero attached hydrogens (tertiary/aromatic N) is 4. The smallest absolute Gasteiger partial charge is 0.242 e. The number of piperazine rings is 1. The van der Waals surface area contributed by atoms with E-state index < -0.39 is 0 Å². The molecule has 1 amide bonds. The molecular weight excluding hydrogens is 288 g/mol. The molecule has 0 saturated carbocycles. The second kappa shape index (κ2) is 8.43. The largest absolute Gasteiger partial charge is 0.380 e. The number of hydrogen-bond acceptors (Lipinski definition) is 6. The summed E-state index contributed by atoms with van der Waals surface area (Å²) in [6.07, 6.45) is 1.72. The molecule has 118 valence electrons. The van der Waals surface area contributed by atoms with Crippen molar-refractivity contribution in [3.05, 3.63) is 11.6 Å². The summed E-state index contributed by atoms with van der Waals surface area (Å²) in [6.45, 7) is 8.90. The van der Waals surface area contributed by atoms with Crippen molar-refractivity contribution >= 4 is 22.4 Å². The Morgan fingerprint density at radius 3 is 2.71 bits per heavy atom. The number of ether oxygens (including phenoxy) is 1. The molecule has 0 aliphatic carbocycles. The van der Waals surface area contributed by atoms with Gasteiger partial charge >= 0.3 is 0 Å². The van der Waals surface area contributed by atoms with E-state index in [-0.39, 0.29) is 5.91 Å². The first-order chi connectivity index (χ1) is 10.2. The Kier molecular flexibility index (Phi) is 6.56. The van der Waals surface area contributed by atoms with Crippen molar-refractivity contribution in [1.29, 1.82) is 0 Å². The van der Waals surface area contributed by atoms with Crippen LogP contribution >= 0.6 is 11.3 Å². The van der Waals surface area contributed by atoms with E-state index in [9.17, 15) is 4.79 Å². The number of likely N-dealkylation sites (N-methyl/N-ethyl adjacent to an activating group) is 1. The number of hydrogen-bond donors (Lipinski definition) is 0. The minimum absolute atomic E-state index is 0.104. The minimum atomic E-state index is 0.104. The van der Waals surface area contributed by atoms with Gasteiger partial charge in [0.25, 0.3) is 0 Å². The predicted octanol–water partition coefficient (Wildman–Crippen LogP) is 0.760. The molecule has 0 aromatic carbocycles. The molecule has 1 saturated heterocycles. The average molecular weight is 312 g/mol. The van der Waals surface area contributed by atoms with Crippen LogP contribution in [0.5, 0.6) is 0 Å². The van der Waals surface area contributed by atoms with Gasteiger partial charge in [-0.2, -0.15) is 0 Å². The lowest BCUT2D eigenvalue weighted by Gasteiger charge is -2.34. The maximum atomic E-state index is 12.2. The maximum Gasteiger partial charge on any atom is 0.242 e. The minimum Gasteiger partial charge on any atom is -0.380 e. The van der Waals surface area contributed by atoms with Gasteiger partial charge in [0.2, 0.25) is 5.91 Å². The zero-order valence-electron chi connectivity index (χ0n) is 12.8. The molecule has 1 aromatic heterocycles. The SMILES string of the molecule is CCOCCN1CCN(CC(=O)N(C)c2nccs2)CC1. The quantitative estimate of drug-likeness (QED) is 0.696. The monoisotopic (exact) mass is 312 g/mol. The molecular formula is C14H24N4O2S. The highest BCUT2D eigenvalue weighted by Crippen LogP contribution is 2.15. The third kappa shape index (κ3) is 5.03. The Morgan fingerprint density at radius 2 is 2.10 bits per heavy atom. The molecule has 6 nitrogen and oxygen atoms in total. The number of thiazole rings is 1. The van der Waals surface area contributed by atoms with Crippen LogP contribution in [0.2, 0.25) is 0 Å². The standard InChI is InChI=1S/C14H24N4O2S/c1-3-20-10-9-17-5-7-18(8-6-17)12-13(19)16(2)14-15-4-11-21-14/h4,11H,3,5-10,12H2,1-2H3. The third-order valence-electron chi connectivity index (χ3n) is 3.66. The molecule has 0 radical (unpaired) electrons. The van der Waals surface area contributed by atoms with Crippen molar-refractivity contribution < 1.29 is 9.53 Å². The van der Waals surface area contributed by atoms with Gasteiger partial charge in [0.15, 0.2) is 5.13 Å². The van der Waals surface area contributed by atoms with Gasteiger partial charge in [-0.15, -0.1) is 11.3 Å². The van der Waals surface area contributed by atoms with Gasteiger partial charge in [0, 0.05) is 58.0 Å². The van der Waals surface area contributed by atoms with Gasteiger partial charge in [0.05, 0.1) is 13.2 Å². The normalized spacial score (nSPS) is 17.0. The van der Waals surface area contributed by atoms with Crippen LogP contribution in [0, 0.1) is 0 Å². The fourth-order valence-electron chi connectivity index (χ4n) is 2.29. The fourth-order valence-corrected chi connectivity index (χ4v) is 2.92. The lowest BCUT2D eigenvalue weighted by molar-refractivity contribution is -0.119. The molecule has 0 N–H and O–H groups in total. The van der Waals surface area contributed by atoms with E-state index in [1.807, 2.05) is 12.3 Å². The summed E-state index contributed by atoms with van der Waals surface area (Å²) in [5.74, 6) is 0.104.